The molecule has 0 aliphatic carbocycles. The normalized spacial score (nSPS) is 10.7. The van der Waals surface area contributed by atoms with Gasteiger partial charge in [0, 0.05) is 37.7 Å². The molecule has 158 valence electrons. The van der Waals surface area contributed by atoms with Crippen LogP contribution in [0.5, 0.6) is 5.75 Å². The van der Waals surface area contributed by atoms with E-state index >= 15 is 0 Å². The minimum atomic E-state index is -0.660. The van der Waals surface area contributed by atoms with E-state index in [1.54, 1.807) is 23.3 Å². The van der Waals surface area contributed by atoms with Gasteiger partial charge in [-0.2, -0.15) is 5.10 Å². The van der Waals surface area contributed by atoms with Crippen LogP contribution in [0.1, 0.15) is 28.4 Å². The van der Waals surface area contributed by atoms with Crippen molar-refractivity contribution in [3.63, 3.8) is 0 Å². The lowest BCUT2D eigenvalue weighted by molar-refractivity contribution is 0.0958. The molecule has 3 aromatic rings. The van der Waals surface area contributed by atoms with Crippen molar-refractivity contribution in [3.8, 4) is 5.75 Å². The number of rotatable bonds is 8. The van der Waals surface area contributed by atoms with Gasteiger partial charge in [0.2, 0.25) is 5.95 Å². The fourth-order valence-electron chi connectivity index (χ4n) is 2.88. The largest absolute Gasteiger partial charge is 0.495 e. The molecule has 0 aliphatic rings. The molecule has 3 rings (SSSR count). The lowest BCUT2D eigenvalue weighted by Gasteiger charge is -2.13. The number of halogens is 2. The molecule has 2 heterocycles. The second kappa shape index (κ2) is 9.53. The molecular weight excluding hydrogens is 411 g/mol. The van der Waals surface area contributed by atoms with E-state index in [0.717, 1.165) is 17.8 Å². The summed E-state index contributed by atoms with van der Waals surface area (Å²) >= 11 is 6.28. The highest BCUT2D eigenvalue weighted by Gasteiger charge is 2.21. The van der Waals surface area contributed by atoms with Gasteiger partial charge in [0.25, 0.3) is 5.91 Å². The molecular formula is C20H22ClFN6O2. The van der Waals surface area contributed by atoms with Crippen LogP contribution in [0.3, 0.4) is 0 Å². The topological polar surface area (TPSA) is 94.0 Å². The summed E-state index contributed by atoms with van der Waals surface area (Å²) in [6.07, 6.45) is 7.56. The zero-order valence-electron chi connectivity index (χ0n) is 16.9. The van der Waals surface area contributed by atoms with Crippen LogP contribution in [-0.4, -0.2) is 39.8 Å². The van der Waals surface area contributed by atoms with E-state index in [1.807, 2.05) is 13.1 Å². The summed E-state index contributed by atoms with van der Waals surface area (Å²) in [4.78, 5) is 20.5. The Hall–Kier alpha value is -3.20. The molecule has 0 atom stereocenters. The molecule has 2 N–H and O–H groups in total. The van der Waals surface area contributed by atoms with Gasteiger partial charge in [-0.1, -0.05) is 11.6 Å². The van der Waals surface area contributed by atoms with E-state index in [4.69, 9.17) is 16.3 Å². The predicted molar refractivity (Wildman–Crippen MR) is 112 cm³/mol. The molecule has 0 unspecified atom stereocenters. The lowest BCUT2D eigenvalue weighted by atomic mass is 10.0. The quantitative estimate of drug-likeness (QED) is 0.566. The first-order valence-corrected chi connectivity index (χ1v) is 9.71. The number of aryl methyl sites for hydroxylation is 2. The van der Waals surface area contributed by atoms with Crippen molar-refractivity contribution in [2.75, 3.05) is 19.5 Å². The van der Waals surface area contributed by atoms with Gasteiger partial charge in [0.1, 0.15) is 11.6 Å². The maximum atomic E-state index is 14.9. The van der Waals surface area contributed by atoms with Crippen LogP contribution in [0.4, 0.5) is 16.0 Å². The summed E-state index contributed by atoms with van der Waals surface area (Å²) in [6.45, 7) is 2.77. The van der Waals surface area contributed by atoms with Crippen molar-refractivity contribution in [2.24, 2.45) is 0 Å². The number of nitrogens with one attached hydrogen (secondary N) is 2. The molecule has 0 aliphatic heterocycles. The van der Waals surface area contributed by atoms with E-state index < -0.39 is 11.7 Å². The Balaban J connectivity index is 1.74. The molecule has 0 bridgehead atoms. The average molecular weight is 433 g/mol. The Morgan fingerprint density at radius 2 is 2.00 bits per heavy atom. The zero-order valence-corrected chi connectivity index (χ0v) is 17.6. The summed E-state index contributed by atoms with van der Waals surface area (Å²) in [5, 5.41) is 9.81. The molecule has 30 heavy (non-hydrogen) atoms. The highest BCUT2D eigenvalue weighted by molar-refractivity contribution is 6.33. The maximum absolute atomic E-state index is 14.9. The number of ether oxygens (including phenoxy) is 1. The van der Waals surface area contributed by atoms with Crippen LogP contribution in [0.15, 0.2) is 30.9 Å². The zero-order chi connectivity index (χ0) is 21.7. The third-order valence-corrected chi connectivity index (χ3v) is 4.95. The Labute approximate surface area is 178 Å². The van der Waals surface area contributed by atoms with Crippen LogP contribution in [0, 0.1) is 5.82 Å². The highest BCUT2D eigenvalue weighted by atomic mass is 35.5. The average Bonchev–Trinajstić information content (AvgIpc) is 3.22. The minimum absolute atomic E-state index is 0.114. The van der Waals surface area contributed by atoms with Gasteiger partial charge < -0.3 is 15.4 Å². The first kappa shape index (κ1) is 21.5. The molecule has 1 aromatic carbocycles. The molecule has 0 spiro atoms. The van der Waals surface area contributed by atoms with E-state index in [1.165, 1.54) is 20.2 Å². The number of carbonyl (C=O) groups excluding carboxylic acids is 1. The standard InChI is InChI=1S/C20H22ClFN6O2/c1-4-28-11-13(10-26-28)27-20-24-8-12(9-25-20)5-6-14-17(21)16(30-3)7-15(18(14)22)19(29)23-2/h7-11H,4-6H2,1-3H3,(H,23,29)(H,24,25,27). The molecule has 10 heteroatoms. The van der Waals surface area contributed by atoms with E-state index in [-0.39, 0.29) is 28.3 Å². The number of methoxy groups -OCH3 is 1. The van der Waals surface area contributed by atoms with Crippen molar-refractivity contribution in [1.29, 1.82) is 0 Å². The smallest absolute Gasteiger partial charge is 0.254 e. The summed E-state index contributed by atoms with van der Waals surface area (Å²) < 4.78 is 21.9. The van der Waals surface area contributed by atoms with Crippen molar-refractivity contribution in [2.45, 2.75) is 26.3 Å². The number of anilines is 2. The number of benzene rings is 1. The number of hydrogen-bond donors (Lipinski definition) is 2. The summed E-state index contributed by atoms with van der Waals surface area (Å²) in [5.74, 6) is -0.529. The van der Waals surface area contributed by atoms with E-state index in [0.29, 0.717) is 12.4 Å². The monoisotopic (exact) mass is 432 g/mol. The van der Waals surface area contributed by atoms with Gasteiger partial charge in [0.15, 0.2) is 0 Å². The fourth-order valence-corrected chi connectivity index (χ4v) is 3.19. The van der Waals surface area contributed by atoms with Crippen LogP contribution >= 0.6 is 11.6 Å². The Bertz CT molecular complexity index is 1040. The lowest BCUT2D eigenvalue weighted by Crippen LogP contribution is -2.20. The van der Waals surface area contributed by atoms with Gasteiger partial charge in [0.05, 0.1) is 29.6 Å². The summed E-state index contributed by atoms with van der Waals surface area (Å²) in [5.41, 5.74) is 1.68. The number of aromatic nitrogens is 4. The SMILES string of the molecule is CCn1cc(Nc2ncc(CCc3c(F)c(C(=O)NC)cc(OC)c3Cl)cn2)cn1. The number of amides is 1. The second-order valence-corrected chi connectivity index (χ2v) is 6.81. The minimum Gasteiger partial charge on any atom is -0.495 e. The third kappa shape index (κ3) is 4.68. The molecule has 0 saturated carbocycles. The van der Waals surface area contributed by atoms with Crippen molar-refractivity contribution < 1.29 is 13.9 Å². The van der Waals surface area contributed by atoms with Gasteiger partial charge in [-0.15, -0.1) is 0 Å². The first-order valence-electron chi connectivity index (χ1n) is 9.34. The molecule has 2 aromatic heterocycles. The molecule has 1 amide bonds. The van der Waals surface area contributed by atoms with E-state index in [2.05, 4.69) is 25.7 Å². The van der Waals surface area contributed by atoms with Crippen LogP contribution in [0.2, 0.25) is 5.02 Å². The van der Waals surface area contributed by atoms with Gasteiger partial charge in [-0.3, -0.25) is 9.48 Å². The second-order valence-electron chi connectivity index (χ2n) is 6.44. The Kier molecular flexibility index (Phi) is 6.83. The summed E-state index contributed by atoms with van der Waals surface area (Å²) in [6, 6.07) is 1.30. The maximum Gasteiger partial charge on any atom is 0.254 e. The molecule has 0 fully saturated rings. The number of hydrogen-bond acceptors (Lipinski definition) is 6. The van der Waals surface area contributed by atoms with Gasteiger partial charge in [-0.05, 0) is 31.4 Å². The summed E-state index contributed by atoms with van der Waals surface area (Å²) in [7, 11) is 2.85. The predicted octanol–water partition coefficient (Wildman–Crippen LogP) is 3.38. The van der Waals surface area contributed by atoms with Gasteiger partial charge in [-0.25, -0.2) is 14.4 Å². The fraction of sp³-hybridized carbons (Fsp3) is 0.300. The van der Waals surface area contributed by atoms with Crippen LogP contribution < -0.4 is 15.4 Å². The molecule has 0 radical (unpaired) electrons. The third-order valence-electron chi connectivity index (χ3n) is 4.53. The van der Waals surface area contributed by atoms with E-state index in [9.17, 15) is 9.18 Å². The molecule has 8 nitrogen and oxygen atoms in total. The van der Waals surface area contributed by atoms with Crippen molar-refractivity contribution in [3.05, 3.63) is 58.4 Å². The highest BCUT2D eigenvalue weighted by Crippen LogP contribution is 2.33. The van der Waals surface area contributed by atoms with Crippen molar-refractivity contribution >= 4 is 29.1 Å². The van der Waals surface area contributed by atoms with Crippen molar-refractivity contribution in [1.82, 2.24) is 25.1 Å². The Morgan fingerprint density at radius 3 is 2.60 bits per heavy atom. The van der Waals surface area contributed by atoms with Gasteiger partial charge >= 0.3 is 0 Å². The molecule has 0 saturated heterocycles. The van der Waals surface area contributed by atoms with Crippen LogP contribution in [-0.2, 0) is 19.4 Å². The van der Waals surface area contributed by atoms with Crippen LogP contribution in [0.25, 0.3) is 0 Å². The number of nitrogens with zero attached hydrogens (tertiary/aromatic N) is 4. The first-order chi connectivity index (χ1) is 14.5. The number of carbonyl (C=O) groups is 1. The Morgan fingerprint density at radius 1 is 1.27 bits per heavy atom.